The molecule has 0 saturated heterocycles. The first-order valence-corrected chi connectivity index (χ1v) is 2.35. The summed E-state index contributed by atoms with van der Waals surface area (Å²) in [5.41, 5.74) is 0. The fraction of sp³-hybridized carbons (Fsp3) is 0. The quantitative estimate of drug-likeness (QED) is 0.499. The van der Waals surface area contributed by atoms with Crippen molar-refractivity contribution in [2.75, 3.05) is 0 Å². The molecule has 2 radical (unpaired) electrons. The van der Waals surface area contributed by atoms with Gasteiger partial charge >= 0.3 is 7.82 Å². The van der Waals surface area contributed by atoms with E-state index in [1.165, 1.54) is 0 Å². The maximum absolute atomic E-state index is 8.88. The third-order valence-electron chi connectivity index (χ3n) is 0. The second-order valence-corrected chi connectivity index (χ2v) is 1.54. The molecule has 0 spiro atoms. The molecule has 0 aliphatic carbocycles. The topological polar surface area (TPSA) is 77.8 Å². The van der Waals surface area contributed by atoms with Gasteiger partial charge in [0.05, 0.1) is 0 Å². The van der Waals surface area contributed by atoms with Gasteiger partial charge in [-0.2, -0.15) is 0 Å². The van der Waals surface area contributed by atoms with E-state index < -0.39 is 7.82 Å². The molecule has 42 valence electrons. The van der Waals surface area contributed by atoms with Crippen LogP contribution in [-0.2, 0) is 37.3 Å². The molecular weight excluding hydrogens is 336 g/mol. The Kier molecular flexibility index (Phi) is 16.2. The molecule has 0 unspecified atom stereocenters. The minimum atomic E-state index is -4.64. The van der Waals surface area contributed by atoms with Crippen molar-refractivity contribution in [1.82, 2.24) is 0 Å². The SMILES string of the molecule is O=P(O)(O)O.[Eu].[Y]. The number of phosphoric acid groups is 1. The fourth-order valence-electron chi connectivity index (χ4n) is 0. The van der Waals surface area contributed by atoms with Crippen LogP contribution in [0.25, 0.3) is 0 Å². The first-order valence-electron chi connectivity index (χ1n) is 0.783. The fourth-order valence-corrected chi connectivity index (χ4v) is 0. The molecular formula is H3EuO4PY. The second kappa shape index (κ2) is 6.91. The van der Waals surface area contributed by atoms with Gasteiger partial charge in [-0.05, 0) is 0 Å². The monoisotopic (exact) mass is 340 g/mol. The van der Waals surface area contributed by atoms with Crippen LogP contribution in [0.1, 0.15) is 0 Å². The zero-order valence-electron chi connectivity index (χ0n) is 3.15. The molecule has 3 N–H and O–H groups in total. The molecule has 0 atom stereocenters. The Bertz CT molecular complexity index is 57.8. The van der Waals surface area contributed by atoms with Crippen molar-refractivity contribution in [3.63, 3.8) is 0 Å². The van der Waals surface area contributed by atoms with Crippen molar-refractivity contribution < 1.29 is 101 Å². The summed E-state index contributed by atoms with van der Waals surface area (Å²) in [5, 5.41) is 0. The minimum absolute atomic E-state index is 0. The molecule has 0 aliphatic rings. The van der Waals surface area contributed by atoms with Crippen LogP contribution in [-0.4, -0.2) is 14.7 Å². The van der Waals surface area contributed by atoms with Crippen LogP contribution in [0.15, 0.2) is 0 Å². The van der Waals surface area contributed by atoms with E-state index in [2.05, 4.69) is 0 Å². The van der Waals surface area contributed by atoms with Gasteiger partial charge in [-0.3, -0.25) is 0 Å². The molecule has 7 heavy (non-hydrogen) atoms. The van der Waals surface area contributed by atoms with Crippen molar-refractivity contribution in [2.24, 2.45) is 0 Å². The first kappa shape index (κ1) is 16.4. The van der Waals surface area contributed by atoms with Crippen molar-refractivity contribution in [1.29, 1.82) is 0 Å². The zero-order chi connectivity index (χ0) is 4.50. The summed E-state index contributed by atoms with van der Waals surface area (Å²) in [6.07, 6.45) is 0. The number of hydrogen-bond donors (Lipinski definition) is 3. The Morgan fingerprint density at radius 3 is 1.14 bits per heavy atom. The summed E-state index contributed by atoms with van der Waals surface area (Å²) < 4.78 is 8.88. The molecule has 0 fully saturated rings. The average molecular weight is 339 g/mol. The first-order chi connectivity index (χ1) is 2.00. The van der Waals surface area contributed by atoms with Crippen LogP contribution < -0.4 is 0 Å². The maximum Gasteiger partial charge on any atom is 0.466 e. The predicted octanol–water partition coefficient (Wildman–Crippen LogP) is -0.931. The Morgan fingerprint density at radius 2 is 1.14 bits per heavy atom. The van der Waals surface area contributed by atoms with E-state index >= 15 is 0 Å². The Hall–Kier alpha value is 2.80. The summed E-state index contributed by atoms with van der Waals surface area (Å²) >= 11 is 0. The van der Waals surface area contributed by atoms with Crippen molar-refractivity contribution in [3.05, 3.63) is 0 Å². The van der Waals surface area contributed by atoms with Gasteiger partial charge in [0.25, 0.3) is 0 Å². The second-order valence-electron chi connectivity index (χ2n) is 0.513. The van der Waals surface area contributed by atoms with Crippen LogP contribution in [0.2, 0.25) is 0 Å². The van der Waals surface area contributed by atoms with Gasteiger partial charge < -0.3 is 14.7 Å². The van der Waals surface area contributed by atoms with Gasteiger partial charge in [0.2, 0.25) is 0 Å². The van der Waals surface area contributed by atoms with Crippen LogP contribution in [0, 0.1) is 49.4 Å². The summed E-state index contributed by atoms with van der Waals surface area (Å²) in [4.78, 5) is 21.6. The zero-order valence-corrected chi connectivity index (χ0v) is 9.31. The summed E-state index contributed by atoms with van der Waals surface area (Å²) in [6, 6.07) is 0. The van der Waals surface area contributed by atoms with Crippen LogP contribution in [0.3, 0.4) is 0 Å². The van der Waals surface area contributed by atoms with Gasteiger partial charge in [0.15, 0.2) is 0 Å². The predicted molar refractivity (Wildman–Crippen MR) is 14.3 cm³/mol. The smallest absolute Gasteiger partial charge is 0.303 e. The van der Waals surface area contributed by atoms with E-state index in [0.29, 0.717) is 0 Å². The third-order valence-corrected chi connectivity index (χ3v) is 0. The minimum Gasteiger partial charge on any atom is -0.303 e. The standard InChI is InChI=1S/Eu.H3O4P.Y/c;1-5(2,3)4;/h;(H3,1,2,3,4);. The van der Waals surface area contributed by atoms with E-state index in [-0.39, 0.29) is 82.1 Å². The molecule has 0 aromatic rings. The molecule has 0 amide bonds. The van der Waals surface area contributed by atoms with E-state index in [0.717, 1.165) is 0 Å². The molecule has 0 aliphatic heterocycles. The summed E-state index contributed by atoms with van der Waals surface area (Å²) in [5.74, 6) is 0. The van der Waals surface area contributed by atoms with E-state index in [4.69, 9.17) is 19.2 Å². The third kappa shape index (κ3) is 51.9. The molecule has 0 bridgehead atoms. The Labute approximate surface area is 107 Å². The van der Waals surface area contributed by atoms with Gasteiger partial charge in [0.1, 0.15) is 0 Å². The van der Waals surface area contributed by atoms with Gasteiger partial charge in [-0.15, -0.1) is 0 Å². The molecule has 7 heteroatoms. The van der Waals surface area contributed by atoms with Crippen molar-refractivity contribution in [3.8, 4) is 0 Å². The molecule has 0 saturated carbocycles. The Balaban J connectivity index is -0.0000000800. The maximum atomic E-state index is 8.88. The van der Waals surface area contributed by atoms with Crippen molar-refractivity contribution in [2.45, 2.75) is 0 Å². The largest absolute Gasteiger partial charge is 0.466 e. The van der Waals surface area contributed by atoms with E-state index in [9.17, 15) is 0 Å². The molecule has 0 heterocycles. The summed E-state index contributed by atoms with van der Waals surface area (Å²) in [6.45, 7) is 0. The normalized spacial score (nSPS) is 8.43. The van der Waals surface area contributed by atoms with Crippen LogP contribution in [0.4, 0.5) is 0 Å². The van der Waals surface area contributed by atoms with Gasteiger partial charge in [-0.1, -0.05) is 0 Å². The number of hydrogen-bond acceptors (Lipinski definition) is 1. The van der Waals surface area contributed by atoms with Crippen LogP contribution in [0.5, 0.6) is 0 Å². The Morgan fingerprint density at radius 1 is 1.14 bits per heavy atom. The van der Waals surface area contributed by atoms with Gasteiger partial charge in [-0.25, -0.2) is 4.57 Å². The van der Waals surface area contributed by atoms with E-state index in [1.807, 2.05) is 0 Å². The number of rotatable bonds is 0. The van der Waals surface area contributed by atoms with Crippen LogP contribution >= 0.6 is 7.82 Å². The van der Waals surface area contributed by atoms with Crippen molar-refractivity contribution >= 4 is 7.82 Å². The summed E-state index contributed by atoms with van der Waals surface area (Å²) in [7, 11) is -4.64. The molecule has 0 aromatic carbocycles. The molecule has 0 rings (SSSR count). The average Bonchev–Trinajstić information content (AvgIpc) is 0.722. The molecule has 0 aromatic heterocycles. The van der Waals surface area contributed by atoms with E-state index in [1.54, 1.807) is 0 Å². The molecule has 4 nitrogen and oxygen atoms in total. The van der Waals surface area contributed by atoms with Gasteiger partial charge in [0, 0.05) is 82.1 Å².